The van der Waals surface area contributed by atoms with Crippen LogP contribution in [0.5, 0.6) is 0 Å². The number of rotatable bonds is 5. The van der Waals surface area contributed by atoms with Gasteiger partial charge in [0.1, 0.15) is 0 Å². The molecule has 254 valence electrons. The number of hydrogen-bond donors (Lipinski definition) is 0. The van der Waals surface area contributed by atoms with Gasteiger partial charge >= 0.3 is 0 Å². The second-order valence-corrected chi connectivity index (χ2v) is 15.8. The van der Waals surface area contributed by atoms with E-state index in [-0.39, 0.29) is 5.41 Å². The van der Waals surface area contributed by atoms with Gasteiger partial charge in [-0.25, -0.2) is 0 Å². The lowest BCUT2D eigenvalue weighted by molar-refractivity contribution is 0.379. The van der Waals surface area contributed by atoms with E-state index < -0.39 is 0 Å². The van der Waals surface area contributed by atoms with E-state index in [1.54, 1.807) is 0 Å². The fraction of sp³-hybridized carbons (Fsp3) is 0.115. The Kier molecular flexibility index (Phi) is 7.27. The van der Waals surface area contributed by atoms with Gasteiger partial charge in [-0.1, -0.05) is 172 Å². The molecular weight excluding hydrogens is 639 g/mol. The molecular formula is C52H41N. The van der Waals surface area contributed by atoms with Gasteiger partial charge in [-0.15, -0.1) is 0 Å². The summed E-state index contributed by atoms with van der Waals surface area (Å²) in [6, 6.07) is 63.1. The third kappa shape index (κ3) is 5.14. The van der Waals surface area contributed by atoms with Gasteiger partial charge in [-0.3, -0.25) is 0 Å². The maximum atomic E-state index is 2.51. The average molecular weight is 680 g/mol. The Labute approximate surface area is 310 Å². The van der Waals surface area contributed by atoms with E-state index in [1.807, 2.05) is 0 Å². The van der Waals surface area contributed by atoms with Crippen molar-refractivity contribution in [1.29, 1.82) is 0 Å². The highest BCUT2D eigenvalue weighted by atomic mass is 15.0. The molecule has 0 aliphatic rings. The van der Waals surface area contributed by atoms with Crippen molar-refractivity contribution in [1.82, 2.24) is 4.57 Å². The van der Waals surface area contributed by atoms with Crippen molar-refractivity contribution in [3.05, 3.63) is 175 Å². The number of nitrogens with zero attached hydrogens (tertiary/aromatic N) is 1. The zero-order valence-electron chi connectivity index (χ0n) is 30.5. The molecule has 0 aliphatic carbocycles. The first-order valence-corrected chi connectivity index (χ1v) is 18.9. The lowest BCUT2D eigenvalue weighted by Crippen LogP contribution is -2.06. The standard InChI is InChI=1S/C52H41N/c1-52(2,3)33-32-35-17-13-23-41-39(35)30-31-47-50(41)46-29-26-34-14-7-8-18-40(34)51(46)53(47)38-27-24-37(25-28-38)49-44-21-11-9-19-42(44)48(36-15-5-4-6-16-36)43-20-10-12-22-45(43)49/h4-31H,32-33H2,1-3H3. The third-order valence-electron chi connectivity index (χ3n) is 11.3. The van der Waals surface area contributed by atoms with E-state index in [4.69, 9.17) is 0 Å². The minimum Gasteiger partial charge on any atom is -0.309 e. The molecule has 1 aromatic heterocycles. The molecule has 0 saturated carbocycles. The van der Waals surface area contributed by atoms with Crippen LogP contribution in [0, 0.1) is 5.41 Å². The summed E-state index contributed by atoms with van der Waals surface area (Å²) in [6.45, 7) is 7.02. The van der Waals surface area contributed by atoms with Crippen molar-refractivity contribution >= 4 is 64.9 Å². The Morgan fingerprint density at radius 3 is 1.60 bits per heavy atom. The summed E-state index contributed by atoms with van der Waals surface area (Å²) in [7, 11) is 0. The Bertz CT molecular complexity index is 2950. The molecule has 10 aromatic rings. The summed E-state index contributed by atoms with van der Waals surface area (Å²) >= 11 is 0. The van der Waals surface area contributed by atoms with Gasteiger partial charge in [0, 0.05) is 21.8 Å². The number of aryl methyl sites for hydroxylation is 1. The van der Waals surface area contributed by atoms with Gasteiger partial charge in [-0.05, 0) is 102 Å². The maximum Gasteiger partial charge on any atom is 0.0619 e. The van der Waals surface area contributed by atoms with Crippen LogP contribution in [0.2, 0.25) is 0 Å². The highest BCUT2D eigenvalue weighted by Gasteiger charge is 2.20. The Morgan fingerprint density at radius 2 is 0.962 bits per heavy atom. The van der Waals surface area contributed by atoms with E-state index in [1.165, 1.54) is 98.4 Å². The van der Waals surface area contributed by atoms with E-state index in [0.29, 0.717) is 0 Å². The molecule has 0 amide bonds. The molecule has 1 heteroatoms. The SMILES string of the molecule is CC(C)(C)CCc1cccc2c1ccc1c2c2ccc3ccccc3c2n1-c1ccc(-c2c3ccccc3c(-c3ccccc3)c3ccccc23)cc1. The summed E-state index contributed by atoms with van der Waals surface area (Å²) in [5, 5.41) is 13.0. The molecule has 1 nitrogen and oxygen atoms in total. The normalized spacial score (nSPS) is 12.2. The Morgan fingerprint density at radius 1 is 0.415 bits per heavy atom. The minimum absolute atomic E-state index is 0.288. The molecule has 53 heavy (non-hydrogen) atoms. The summed E-state index contributed by atoms with van der Waals surface area (Å²) in [4.78, 5) is 0. The van der Waals surface area contributed by atoms with Gasteiger partial charge in [0.15, 0.2) is 0 Å². The third-order valence-corrected chi connectivity index (χ3v) is 11.3. The zero-order chi connectivity index (χ0) is 35.7. The van der Waals surface area contributed by atoms with Crippen LogP contribution in [0.25, 0.3) is 92.8 Å². The number of hydrogen-bond acceptors (Lipinski definition) is 0. The quantitative estimate of drug-likeness (QED) is 0.160. The van der Waals surface area contributed by atoms with Crippen molar-refractivity contribution in [3.8, 4) is 27.9 Å². The molecule has 1 heterocycles. The van der Waals surface area contributed by atoms with Gasteiger partial charge in [0.2, 0.25) is 0 Å². The lowest BCUT2D eigenvalue weighted by atomic mass is 9.86. The first-order chi connectivity index (χ1) is 25.9. The largest absolute Gasteiger partial charge is 0.309 e. The fourth-order valence-corrected chi connectivity index (χ4v) is 8.83. The van der Waals surface area contributed by atoms with Crippen LogP contribution < -0.4 is 0 Å². The average Bonchev–Trinajstić information content (AvgIpc) is 3.54. The Hall–Kier alpha value is -6.18. The van der Waals surface area contributed by atoms with Crippen LogP contribution in [-0.2, 0) is 6.42 Å². The lowest BCUT2D eigenvalue weighted by Gasteiger charge is -2.19. The summed E-state index contributed by atoms with van der Waals surface area (Å²) in [6.07, 6.45) is 2.23. The van der Waals surface area contributed by atoms with Gasteiger partial charge in [0.05, 0.1) is 11.0 Å². The van der Waals surface area contributed by atoms with Crippen LogP contribution in [0.15, 0.2) is 170 Å². The maximum absolute atomic E-state index is 2.51. The van der Waals surface area contributed by atoms with Gasteiger partial charge in [0.25, 0.3) is 0 Å². The predicted octanol–water partition coefficient (Wildman–Crippen LogP) is 14.7. The topological polar surface area (TPSA) is 4.93 Å². The monoisotopic (exact) mass is 679 g/mol. The van der Waals surface area contributed by atoms with Crippen molar-refractivity contribution < 1.29 is 0 Å². The van der Waals surface area contributed by atoms with E-state index in [0.717, 1.165) is 12.8 Å². The van der Waals surface area contributed by atoms with Gasteiger partial charge < -0.3 is 4.57 Å². The number of aromatic nitrogens is 1. The van der Waals surface area contributed by atoms with E-state index in [2.05, 4.69) is 195 Å². The smallest absolute Gasteiger partial charge is 0.0619 e. The van der Waals surface area contributed by atoms with Crippen LogP contribution in [0.4, 0.5) is 0 Å². The van der Waals surface area contributed by atoms with Crippen molar-refractivity contribution in [2.24, 2.45) is 5.41 Å². The molecule has 0 N–H and O–H groups in total. The zero-order valence-corrected chi connectivity index (χ0v) is 30.5. The molecule has 9 aromatic carbocycles. The molecule has 0 spiro atoms. The van der Waals surface area contributed by atoms with Crippen LogP contribution >= 0.6 is 0 Å². The second-order valence-electron chi connectivity index (χ2n) is 15.8. The molecule has 0 atom stereocenters. The first kappa shape index (κ1) is 31.5. The van der Waals surface area contributed by atoms with Crippen molar-refractivity contribution in [2.45, 2.75) is 33.6 Å². The highest BCUT2D eigenvalue weighted by molar-refractivity contribution is 6.26. The molecule has 0 aliphatic heterocycles. The summed E-state index contributed by atoms with van der Waals surface area (Å²) < 4.78 is 2.51. The molecule has 0 bridgehead atoms. The van der Waals surface area contributed by atoms with Crippen LogP contribution in [0.1, 0.15) is 32.8 Å². The van der Waals surface area contributed by atoms with Crippen molar-refractivity contribution in [3.63, 3.8) is 0 Å². The number of fused-ring (bicyclic) bond motifs is 9. The van der Waals surface area contributed by atoms with E-state index >= 15 is 0 Å². The molecule has 10 rings (SSSR count). The second kappa shape index (κ2) is 12.2. The van der Waals surface area contributed by atoms with Crippen molar-refractivity contribution in [2.75, 3.05) is 0 Å². The van der Waals surface area contributed by atoms with Gasteiger partial charge in [-0.2, -0.15) is 0 Å². The van der Waals surface area contributed by atoms with Crippen LogP contribution in [-0.4, -0.2) is 4.57 Å². The fourth-order valence-electron chi connectivity index (χ4n) is 8.83. The molecule has 0 unspecified atom stereocenters. The van der Waals surface area contributed by atoms with E-state index in [9.17, 15) is 0 Å². The number of benzene rings is 9. The Balaban J connectivity index is 1.21. The summed E-state index contributed by atoms with van der Waals surface area (Å²) in [5.74, 6) is 0. The summed E-state index contributed by atoms with van der Waals surface area (Å²) in [5.41, 5.74) is 10.4. The molecule has 0 fully saturated rings. The molecule has 0 saturated heterocycles. The predicted molar refractivity (Wildman–Crippen MR) is 229 cm³/mol. The minimum atomic E-state index is 0.288. The van der Waals surface area contributed by atoms with Crippen LogP contribution in [0.3, 0.4) is 0 Å². The first-order valence-electron chi connectivity index (χ1n) is 18.9. The molecule has 0 radical (unpaired) electrons. The highest BCUT2D eigenvalue weighted by Crippen LogP contribution is 2.45.